The molecular weight excluding hydrogens is 378 g/mol. The van der Waals surface area contributed by atoms with Gasteiger partial charge in [-0.25, -0.2) is 4.98 Å². The number of nitrogens with one attached hydrogen (secondary N) is 2. The third-order valence-electron chi connectivity index (χ3n) is 5.83. The average molecular weight is 403 g/mol. The standard InChI is InChI=1S/C24H23N3OS/c1-27(22(16-9-4-2-5-10-16)17-11-6-3-7-12-17)15-20-25-23(28)21-18-13-8-14-19(18)29-24(21)26-20/h2-7,9-12,22H,8,13-15H2,1H3,(H,25,26,28)/p+1. The predicted octanol–water partition coefficient (Wildman–Crippen LogP) is 3.28. The zero-order chi connectivity index (χ0) is 19.8. The second-order valence-electron chi connectivity index (χ2n) is 7.83. The van der Waals surface area contributed by atoms with Gasteiger partial charge in [-0.15, -0.1) is 11.3 Å². The van der Waals surface area contributed by atoms with Crippen LogP contribution < -0.4 is 10.5 Å². The number of aryl methyl sites for hydroxylation is 2. The fourth-order valence-electron chi connectivity index (χ4n) is 4.55. The number of aromatic nitrogens is 2. The van der Waals surface area contributed by atoms with Gasteiger partial charge in [-0.1, -0.05) is 60.7 Å². The summed E-state index contributed by atoms with van der Waals surface area (Å²) in [5, 5.41) is 0.826. The molecule has 2 heterocycles. The largest absolute Gasteiger partial charge is 0.321 e. The summed E-state index contributed by atoms with van der Waals surface area (Å²) in [7, 11) is 2.17. The number of hydrogen-bond donors (Lipinski definition) is 2. The van der Waals surface area contributed by atoms with E-state index in [1.54, 1.807) is 11.3 Å². The average Bonchev–Trinajstić information content (AvgIpc) is 3.30. The minimum Gasteiger partial charge on any atom is -0.321 e. The minimum atomic E-state index is 0.0215. The molecule has 146 valence electrons. The van der Waals surface area contributed by atoms with Gasteiger partial charge in [-0.05, 0) is 24.8 Å². The molecule has 0 fully saturated rings. The summed E-state index contributed by atoms with van der Waals surface area (Å²) in [4.78, 5) is 24.3. The van der Waals surface area contributed by atoms with Crippen LogP contribution in [-0.2, 0) is 19.4 Å². The Morgan fingerprint density at radius 3 is 2.34 bits per heavy atom. The van der Waals surface area contributed by atoms with Crippen LogP contribution in [0.4, 0.5) is 0 Å². The number of fused-ring (bicyclic) bond motifs is 3. The number of nitrogens with zero attached hydrogens (tertiary/aromatic N) is 1. The number of hydrogen-bond acceptors (Lipinski definition) is 3. The van der Waals surface area contributed by atoms with Crippen LogP contribution in [0, 0.1) is 0 Å². The lowest BCUT2D eigenvalue weighted by Crippen LogP contribution is -3.08. The quantitative estimate of drug-likeness (QED) is 0.538. The summed E-state index contributed by atoms with van der Waals surface area (Å²) in [6.07, 6.45) is 3.25. The molecule has 5 rings (SSSR count). The van der Waals surface area contributed by atoms with Crippen molar-refractivity contribution in [2.75, 3.05) is 7.05 Å². The third-order valence-corrected chi connectivity index (χ3v) is 7.01. The fourth-order valence-corrected chi connectivity index (χ4v) is 5.83. The Kier molecular flexibility index (Phi) is 4.78. The second-order valence-corrected chi connectivity index (χ2v) is 8.91. The highest BCUT2D eigenvalue weighted by Crippen LogP contribution is 2.34. The lowest BCUT2D eigenvalue weighted by Gasteiger charge is -2.25. The first-order valence-corrected chi connectivity index (χ1v) is 11.0. The first kappa shape index (κ1) is 18.3. The number of H-pyrrole nitrogens is 1. The summed E-state index contributed by atoms with van der Waals surface area (Å²) in [5.41, 5.74) is 3.77. The Bertz CT molecular complexity index is 1160. The van der Waals surface area contributed by atoms with E-state index in [1.807, 2.05) is 12.1 Å². The number of aromatic amines is 1. The van der Waals surface area contributed by atoms with Crippen molar-refractivity contribution in [3.63, 3.8) is 0 Å². The second kappa shape index (κ2) is 7.58. The first-order chi connectivity index (χ1) is 14.2. The van der Waals surface area contributed by atoms with Crippen molar-refractivity contribution >= 4 is 21.6 Å². The molecule has 4 nitrogen and oxygen atoms in total. The molecule has 1 atom stereocenters. The number of thiophene rings is 1. The van der Waals surface area contributed by atoms with Gasteiger partial charge in [-0.2, -0.15) is 0 Å². The molecule has 1 aliphatic carbocycles. The molecule has 2 aromatic carbocycles. The van der Waals surface area contributed by atoms with Crippen LogP contribution in [0.2, 0.25) is 0 Å². The molecule has 0 spiro atoms. The molecular formula is C24H24N3OS+. The molecule has 2 aromatic heterocycles. The van der Waals surface area contributed by atoms with Gasteiger partial charge in [0.15, 0.2) is 5.82 Å². The van der Waals surface area contributed by atoms with Crippen LogP contribution in [0.3, 0.4) is 0 Å². The lowest BCUT2D eigenvalue weighted by atomic mass is 9.97. The summed E-state index contributed by atoms with van der Waals surface area (Å²) >= 11 is 1.70. The van der Waals surface area contributed by atoms with E-state index in [4.69, 9.17) is 4.98 Å². The molecule has 0 saturated carbocycles. The first-order valence-electron chi connectivity index (χ1n) is 10.2. The maximum Gasteiger partial charge on any atom is 0.260 e. The van der Waals surface area contributed by atoms with Crippen molar-refractivity contribution in [2.45, 2.75) is 31.8 Å². The smallest absolute Gasteiger partial charge is 0.260 e. The fraction of sp³-hybridized carbons (Fsp3) is 0.250. The highest BCUT2D eigenvalue weighted by Gasteiger charge is 2.25. The molecule has 0 bridgehead atoms. The Hall–Kier alpha value is -2.76. The van der Waals surface area contributed by atoms with Crippen molar-refractivity contribution in [3.8, 4) is 0 Å². The number of rotatable bonds is 5. The van der Waals surface area contributed by atoms with Crippen LogP contribution in [-0.4, -0.2) is 17.0 Å². The summed E-state index contributed by atoms with van der Waals surface area (Å²) in [5.74, 6) is 0.761. The molecule has 2 N–H and O–H groups in total. The van der Waals surface area contributed by atoms with E-state index in [0.29, 0.717) is 6.54 Å². The van der Waals surface area contributed by atoms with E-state index in [1.165, 1.54) is 26.5 Å². The van der Waals surface area contributed by atoms with E-state index in [0.717, 1.165) is 35.3 Å². The zero-order valence-electron chi connectivity index (χ0n) is 16.4. The highest BCUT2D eigenvalue weighted by molar-refractivity contribution is 7.18. The Morgan fingerprint density at radius 2 is 1.69 bits per heavy atom. The third kappa shape index (κ3) is 3.41. The summed E-state index contributed by atoms with van der Waals surface area (Å²) in [6, 6.07) is 21.3. The van der Waals surface area contributed by atoms with Crippen LogP contribution in [0.15, 0.2) is 65.5 Å². The number of quaternary nitrogens is 1. The molecule has 0 amide bonds. The lowest BCUT2D eigenvalue weighted by molar-refractivity contribution is -0.920. The van der Waals surface area contributed by atoms with E-state index < -0.39 is 0 Å². The molecule has 5 heteroatoms. The normalized spacial score (nSPS) is 14.4. The minimum absolute atomic E-state index is 0.0215. The topological polar surface area (TPSA) is 50.2 Å². The molecule has 1 aliphatic rings. The van der Waals surface area contributed by atoms with Gasteiger partial charge in [0, 0.05) is 16.0 Å². The molecule has 1 unspecified atom stereocenters. The molecule has 29 heavy (non-hydrogen) atoms. The Labute approximate surface area is 173 Å². The van der Waals surface area contributed by atoms with Gasteiger partial charge < -0.3 is 9.88 Å². The van der Waals surface area contributed by atoms with Crippen LogP contribution in [0.5, 0.6) is 0 Å². The van der Waals surface area contributed by atoms with Crippen molar-refractivity contribution in [1.82, 2.24) is 9.97 Å². The highest BCUT2D eigenvalue weighted by atomic mass is 32.1. The van der Waals surface area contributed by atoms with Gasteiger partial charge in [0.25, 0.3) is 5.56 Å². The van der Waals surface area contributed by atoms with E-state index >= 15 is 0 Å². The van der Waals surface area contributed by atoms with E-state index in [9.17, 15) is 4.79 Å². The van der Waals surface area contributed by atoms with Gasteiger partial charge in [0.2, 0.25) is 0 Å². The van der Waals surface area contributed by atoms with Gasteiger partial charge >= 0.3 is 0 Å². The van der Waals surface area contributed by atoms with E-state index in [2.05, 4.69) is 60.6 Å². The van der Waals surface area contributed by atoms with Crippen molar-refractivity contribution in [1.29, 1.82) is 0 Å². The monoisotopic (exact) mass is 402 g/mol. The predicted molar refractivity (Wildman–Crippen MR) is 118 cm³/mol. The van der Waals surface area contributed by atoms with Crippen molar-refractivity contribution in [3.05, 3.63) is 98.4 Å². The van der Waals surface area contributed by atoms with Gasteiger partial charge in [-0.3, -0.25) is 4.79 Å². The molecule has 4 aromatic rings. The summed E-state index contributed by atoms with van der Waals surface area (Å²) < 4.78 is 0. The van der Waals surface area contributed by atoms with Gasteiger partial charge in [0.05, 0.1) is 12.4 Å². The van der Waals surface area contributed by atoms with Crippen LogP contribution >= 0.6 is 11.3 Å². The Morgan fingerprint density at radius 1 is 1.03 bits per heavy atom. The summed E-state index contributed by atoms with van der Waals surface area (Å²) in [6.45, 7) is 0.655. The van der Waals surface area contributed by atoms with Crippen molar-refractivity contribution in [2.24, 2.45) is 0 Å². The van der Waals surface area contributed by atoms with Gasteiger partial charge in [0.1, 0.15) is 17.4 Å². The zero-order valence-corrected chi connectivity index (χ0v) is 17.3. The number of benzene rings is 2. The Balaban J connectivity index is 1.50. The molecule has 0 radical (unpaired) electrons. The molecule has 0 aliphatic heterocycles. The van der Waals surface area contributed by atoms with Crippen LogP contribution in [0.1, 0.15) is 39.9 Å². The van der Waals surface area contributed by atoms with Crippen molar-refractivity contribution < 1.29 is 4.90 Å². The SMILES string of the molecule is C[NH+](Cc1nc2sc3c(c2c(=O)[nH]1)CCC3)C(c1ccccc1)c1ccccc1. The molecule has 0 saturated heterocycles. The maximum absolute atomic E-state index is 12.8. The van der Waals surface area contributed by atoms with Crippen LogP contribution in [0.25, 0.3) is 10.2 Å². The maximum atomic E-state index is 12.8. The van der Waals surface area contributed by atoms with E-state index in [-0.39, 0.29) is 11.6 Å².